The van der Waals surface area contributed by atoms with E-state index < -0.39 is 5.97 Å². The van der Waals surface area contributed by atoms with Crippen LogP contribution in [-0.2, 0) is 6.54 Å². The van der Waals surface area contributed by atoms with E-state index in [-0.39, 0.29) is 5.56 Å². The molecule has 0 saturated carbocycles. The molecule has 0 bridgehead atoms. The highest BCUT2D eigenvalue weighted by Crippen LogP contribution is 2.32. The number of hydrogen-bond acceptors (Lipinski definition) is 3. The summed E-state index contributed by atoms with van der Waals surface area (Å²) in [6.07, 6.45) is 0.798. The van der Waals surface area contributed by atoms with Crippen molar-refractivity contribution in [2.24, 2.45) is 0 Å². The van der Waals surface area contributed by atoms with E-state index in [1.807, 2.05) is 43.3 Å². The lowest BCUT2D eigenvalue weighted by molar-refractivity contribution is 0.0697. The third kappa shape index (κ3) is 4.67. The lowest BCUT2D eigenvalue weighted by Gasteiger charge is -2.13. The largest absolute Gasteiger partial charge is 0.494 e. The topological polar surface area (TPSA) is 64.4 Å². The molecule has 0 radical (unpaired) electrons. The maximum Gasteiger partial charge on any atom is 0.335 e. The van der Waals surface area contributed by atoms with Crippen LogP contribution in [0.3, 0.4) is 0 Å². The number of carbonyl (C=O) groups is 1. The van der Waals surface area contributed by atoms with Gasteiger partial charge in [-0.05, 0) is 37.6 Å². The van der Waals surface area contributed by atoms with Crippen LogP contribution in [0.15, 0.2) is 84.9 Å². The number of imidazole rings is 1. The zero-order valence-electron chi connectivity index (χ0n) is 17.4. The van der Waals surface area contributed by atoms with Gasteiger partial charge in [-0.3, -0.25) is 0 Å². The van der Waals surface area contributed by atoms with Crippen LogP contribution in [0, 0.1) is 6.92 Å². The van der Waals surface area contributed by atoms with Gasteiger partial charge in [0.15, 0.2) is 0 Å². The minimum Gasteiger partial charge on any atom is -0.494 e. The number of aromatic carboxylic acids is 1. The van der Waals surface area contributed by atoms with Gasteiger partial charge in [-0.15, -0.1) is 0 Å². The van der Waals surface area contributed by atoms with Gasteiger partial charge in [0.05, 0.1) is 23.6 Å². The summed E-state index contributed by atoms with van der Waals surface area (Å²) in [6, 6.07) is 27.0. The number of rotatable bonds is 8. The minimum atomic E-state index is -0.940. The molecule has 31 heavy (non-hydrogen) atoms. The Kier molecular flexibility index (Phi) is 6.13. The molecule has 3 aromatic carbocycles. The van der Waals surface area contributed by atoms with Crippen LogP contribution in [0.5, 0.6) is 5.75 Å². The highest BCUT2D eigenvalue weighted by molar-refractivity contribution is 5.87. The monoisotopic (exact) mass is 412 g/mol. The number of aromatic nitrogens is 2. The Hall–Kier alpha value is -3.86. The van der Waals surface area contributed by atoms with Crippen LogP contribution in [0.2, 0.25) is 0 Å². The first kappa shape index (κ1) is 20.4. The number of carboxylic acid groups (broad SMARTS) is 1. The van der Waals surface area contributed by atoms with E-state index in [9.17, 15) is 4.79 Å². The van der Waals surface area contributed by atoms with E-state index in [2.05, 4.69) is 28.8 Å². The van der Waals surface area contributed by atoms with Crippen LogP contribution in [0.1, 0.15) is 22.6 Å². The van der Waals surface area contributed by atoms with Crippen molar-refractivity contribution in [2.45, 2.75) is 19.9 Å². The molecular weight excluding hydrogens is 388 g/mol. The maximum atomic E-state index is 11.0. The lowest BCUT2D eigenvalue weighted by Crippen LogP contribution is -2.07. The Bertz CT molecular complexity index is 1150. The Morgan fingerprint density at radius 1 is 0.903 bits per heavy atom. The van der Waals surface area contributed by atoms with Crippen molar-refractivity contribution in [3.63, 3.8) is 0 Å². The second-order valence-electron chi connectivity index (χ2n) is 7.27. The molecule has 0 unspecified atom stereocenters. The number of ether oxygens (including phenoxy) is 1. The second kappa shape index (κ2) is 9.30. The van der Waals surface area contributed by atoms with E-state index in [4.69, 9.17) is 14.8 Å². The summed E-state index contributed by atoms with van der Waals surface area (Å²) >= 11 is 0. The van der Waals surface area contributed by atoms with Gasteiger partial charge < -0.3 is 14.4 Å². The third-order valence-corrected chi connectivity index (χ3v) is 5.15. The molecule has 0 aliphatic carbocycles. The zero-order valence-corrected chi connectivity index (χ0v) is 17.4. The summed E-state index contributed by atoms with van der Waals surface area (Å²) in [7, 11) is 0. The fourth-order valence-corrected chi connectivity index (χ4v) is 3.63. The van der Waals surface area contributed by atoms with Crippen LogP contribution in [0.25, 0.3) is 22.5 Å². The predicted molar refractivity (Wildman–Crippen MR) is 121 cm³/mol. The van der Waals surface area contributed by atoms with Crippen molar-refractivity contribution < 1.29 is 14.6 Å². The van der Waals surface area contributed by atoms with Crippen molar-refractivity contribution in [2.75, 3.05) is 6.61 Å². The highest BCUT2D eigenvalue weighted by atomic mass is 16.5. The SMILES string of the molecule is Cc1nc(-c2ccccc2)c(-c2ccccc2)n1CCCOc1ccc(C(=O)O)cc1. The number of carboxylic acids is 1. The van der Waals surface area contributed by atoms with Crippen LogP contribution in [-0.4, -0.2) is 27.2 Å². The van der Waals surface area contributed by atoms with E-state index in [0.717, 1.165) is 41.3 Å². The fraction of sp³-hybridized carbons (Fsp3) is 0.154. The summed E-state index contributed by atoms with van der Waals surface area (Å²) < 4.78 is 8.06. The minimum absolute atomic E-state index is 0.252. The van der Waals surface area contributed by atoms with Gasteiger partial charge in [0.2, 0.25) is 0 Å². The zero-order chi connectivity index (χ0) is 21.6. The van der Waals surface area contributed by atoms with E-state index in [1.54, 1.807) is 24.3 Å². The summed E-state index contributed by atoms with van der Waals surface area (Å²) in [5.74, 6) is 0.689. The summed E-state index contributed by atoms with van der Waals surface area (Å²) in [6.45, 7) is 3.33. The van der Waals surface area contributed by atoms with E-state index in [0.29, 0.717) is 12.4 Å². The number of hydrogen-bond donors (Lipinski definition) is 1. The molecule has 1 aromatic heterocycles. The molecule has 0 spiro atoms. The first-order chi connectivity index (χ1) is 15.1. The summed E-state index contributed by atoms with van der Waals surface area (Å²) in [4.78, 5) is 15.9. The van der Waals surface area contributed by atoms with Crippen LogP contribution >= 0.6 is 0 Å². The van der Waals surface area contributed by atoms with Gasteiger partial charge in [-0.1, -0.05) is 60.7 Å². The van der Waals surface area contributed by atoms with E-state index >= 15 is 0 Å². The summed E-state index contributed by atoms with van der Waals surface area (Å²) in [5, 5.41) is 9.00. The molecule has 0 fully saturated rings. The van der Waals surface area contributed by atoms with Crippen LogP contribution < -0.4 is 4.74 Å². The lowest BCUT2D eigenvalue weighted by atomic mass is 10.0. The quantitative estimate of drug-likeness (QED) is 0.378. The Morgan fingerprint density at radius 2 is 1.52 bits per heavy atom. The molecule has 5 nitrogen and oxygen atoms in total. The van der Waals surface area contributed by atoms with E-state index in [1.165, 1.54) is 0 Å². The number of nitrogens with zero attached hydrogens (tertiary/aromatic N) is 2. The average molecular weight is 412 g/mol. The Morgan fingerprint density at radius 3 is 2.13 bits per heavy atom. The van der Waals surface area contributed by atoms with Crippen molar-refractivity contribution in [1.29, 1.82) is 0 Å². The average Bonchev–Trinajstić information content (AvgIpc) is 3.14. The molecule has 0 saturated heterocycles. The fourth-order valence-electron chi connectivity index (χ4n) is 3.63. The molecule has 0 amide bonds. The first-order valence-electron chi connectivity index (χ1n) is 10.3. The standard InChI is InChI=1S/C26H24N2O3/c1-19-27-24(20-9-4-2-5-10-20)25(21-11-6-3-7-12-21)28(19)17-8-18-31-23-15-13-22(14-16-23)26(29)30/h2-7,9-16H,8,17-18H2,1H3,(H,29,30). The summed E-state index contributed by atoms with van der Waals surface area (Å²) in [5.41, 5.74) is 4.57. The van der Waals surface area contributed by atoms with Crippen LogP contribution in [0.4, 0.5) is 0 Å². The smallest absolute Gasteiger partial charge is 0.335 e. The van der Waals surface area contributed by atoms with Gasteiger partial charge in [0, 0.05) is 17.7 Å². The molecule has 0 aliphatic rings. The molecule has 0 aliphatic heterocycles. The molecule has 1 N–H and O–H groups in total. The van der Waals surface area contributed by atoms with Crippen molar-refractivity contribution in [3.8, 4) is 28.3 Å². The highest BCUT2D eigenvalue weighted by Gasteiger charge is 2.17. The normalized spacial score (nSPS) is 10.7. The maximum absolute atomic E-state index is 11.0. The second-order valence-corrected chi connectivity index (χ2v) is 7.27. The van der Waals surface area contributed by atoms with Gasteiger partial charge >= 0.3 is 5.97 Å². The Labute approximate surface area is 181 Å². The van der Waals surface area contributed by atoms with Gasteiger partial charge in [-0.2, -0.15) is 0 Å². The van der Waals surface area contributed by atoms with Crippen molar-refractivity contribution >= 4 is 5.97 Å². The molecule has 0 atom stereocenters. The number of aryl methyl sites for hydroxylation is 1. The van der Waals surface area contributed by atoms with Gasteiger partial charge in [0.25, 0.3) is 0 Å². The molecular formula is C26H24N2O3. The third-order valence-electron chi connectivity index (χ3n) is 5.15. The number of benzene rings is 3. The van der Waals surface area contributed by atoms with Crippen molar-refractivity contribution in [3.05, 3.63) is 96.3 Å². The molecule has 4 rings (SSSR count). The molecule has 1 heterocycles. The molecule has 5 heteroatoms. The molecule has 156 valence electrons. The van der Waals surface area contributed by atoms with Gasteiger partial charge in [0.1, 0.15) is 11.6 Å². The van der Waals surface area contributed by atoms with Crippen molar-refractivity contribution in [1.82, 2.24) is 9.55 Å². The Balaban J connectivity index is 1.53. The molecule has 4 aromatic rings. The predicted octanol–water partition coefficient (Wildman–Crippen LogP) is 5.69. The first-order valence-corrected chi connectivity index (χ1v) is 10.3. The van der Waals surface area contributed by atoms with Gasteiger partial charge in [-0.25, -0.2) is 9.78 Å².